The summed E-state index contributed by atoms with van der Waals surface area (Å²) in [6.45, 7) is 0. The summed E-state index contributed by atoms with van der Waals surface area (Å²) in [6.07, 6.45) is 2.16. The van der Waals surface area contributed by atoms with Gasteiger partial charge in [-0.05, 0) is 36.0 Å². The highest BCUT2D eigenvalue weighted by Gasteiger charge is 2.29. The molecule has 2 nitrogen and oxygen atoms in total. The molecule has 2 aromatic rings. The van der Waals surface area contributed by atoms with Crippen LogP contribution in [0.15, 0.2) is 42.5 Å². The molecule has 0 aromatic heterocycles. The smallest absolute Gasteiger partial charge is 0.251 e. The zero-order chi connectivity index (χ0) is 13.4. The van der Waals surface area contributed by atoms with Crippen molar-refractivity contribution in [1.29, 1.82) is 0 Å². The molecule has 3 heteroatoms. The highest BCUT2D eigenvalue weighted by atomic mass is 19.1. The van der Waals surface area contributed by atoms with E-state index < -0.39 is 11.7 Å². The first-order valence-corrected chi connectivity index (χ1v) is 6.36. The van der Waals surface area contributed by atoms with Crippen molar-refractivity contribution < 1.29 is 9.18 Å². The number of carbonyl (C=O) groups is 1. The molecule has 0 spiro atoms. The van der Waals surface area contributed by atoms with E-state index in [1.807, 2.05) is 36.4 Å². The Morgan fingerprint density at radius 1 is 1.11 bits per heavy atom. The van der Waals surface area contributed by atoms with Crippen LogP contribution in [0.4, 0.5) is 4.39 Å². The predicted molar refractivity (Wildman–Crippen MR) is 72.3 cm³/mol. The van der Waals surface area contributed by atoms with Crippen LogP contribution in [-0.2, 0) is 0 Å². The second-order valence-electron chi connectivity index (χ2n) is 4.90. The summed E-state index contributed by atoms with van der Waals surface area (Å²) >= 11 is 0. The van der Waals surface area contributed by atoms with Gasteiger partial charge in [-0.3, -0.25) is 4.79 Å². The van der Waals surface area contributed by atoms with Crippen molar-refractivity contribution in [3.05, 3.63) is 59.4 Å². The molecule has 0 bridgehead atoms. The maximum atomic E-state index is 14.6. The van der Waals surface area contributed by atoms with Gasteiger partial charge >= 0.3 is 0 Å². The van der Waals surface area contributed by atoms with Crippen molar-refractivity contribution >= 4 is 5.91 Å². The molecule has 96 valence electrons. The predicted octanol–water partition coefficient (Wildman–Crippen LogP) is 3.47. The second kappa shape index (κ2) is 4.50. The zero-order valence-electron chi connectivity index (χ0n) is 10.4. The van der Waals surface area contributed by atoms with Gasteiger partial charge in [-0.15, -0.1) is 0 Å². The molecule has 0 heterocycles. The third-order valence-electron chi connectivity index (χ3n) is 3.52. The minimum absolute atomic E-state index is 0.0387. The highest BCUT2D eigenvalue weighted by molar-refractivity contribution is 5.95. The van der Waals surface area contributed by atoms with E-state index >= 15 is 0 Å². The Kier molecular flexibility index (Phi) is 2.82. The fraction of sp³-hybridized carbons (Fsp3) is 0.188. The van der Waals surface area contributed by atoms with Crippen LogP contribution in [0, 0.1) is 5.82 Å². The molecule has 0 aliphatic heterocycles. The third-order valence-corrected chi connectivity index (χ3v) is 3.52. The molecule has 1 amide bonds. The zero-order valence-corrected chi connectivity index (χ0v) is 10.4. The van der Waals surface area contributed by atoms with Crippen molar-refractivity contribution in [3.63, 3.8) is 0 Å². The Hall–Kier alpha value is -2.16. The third kappa shape index (κ3) is 2.12. The van der Waals surface area contributed by atoms with Crippen molar-refractivity contribution in [2.75, 3.05) is 0 Å². The van der Waals surface area contributed by atoms with Crippen molar-refractivity contribution in [2.45, 2.75) is 18.8 Å². The number of hydrogen-bond donors (Lipinski definition) is 1. The number of halogens is 1. The van der Waals surface area contributed by atoms with E-state index in [0.717, 1.165) is 24.0 Å². The molecule has 1 fully saturated rings. The van der Waals surface area contributed by atoms with Gasteiger partial charge in [0.1, 0.15) is 5.82 Å². The van der Waals surface area contributed by atoms with E-state index in [-0.39, 0.29) is 5.56 Å². The molecule has 1 aliphatic carbocycles. The first kappa shape index (κ1) is 11.9. The minimum Gasteiger partial charge on any atom is -0.366 e. The molecule has 0 unspecified atom stereocenters. The van der Waals surface area contributed by atoms with E-state index in [1.54, 1.807) is 0 Å². The molecule has 19 heavy (non-hydrogen) atoms. The Labute approximate surface area is 111 Å². The standard InChI is InChI=1S/C16H14FNO/c17-15-13(16(18)19)9-8-12(10-6-7-10)14(15)11-4-2-1-3-5-11/h1-5,8-10H,6-7H2,(H2,18,19). The lowest BCUT2D eigenvalue weighted by Gasteiger charge is -2.12. The number of amides is 1. The van der Waals surface area contributed by atoms with E-state index in [1.165, 1.54) is 6.07 Å². The Balaban J connectivity index is 2.24. The van der Waals surface area contributed by atoms with Gasteiger partial charge < -0.3 is 5.73 Å². The SMILES string of the molecule is NC(=O)c1ccc(C2CC2)c(-c2ccccc2)c1F. The van der Waals surface area contributed by atoms with Crippen molar-refractivity contribution in [1.82, 2.24) is 0 Å². The van der Waals surface area contributed by atoms with Crippen LogP contribution in [-0.4, -0.2) is 5.91 Å². The van der Waals surface area contributed by atoms with Gasteiger partial charge in [-0.2, -0.15) is 0 Å². The summed E-state index contributed by atoms with van der Waals surface area (Å²) in [5.74, 6) is -0.813. The normalized spacial score (nSPS) is 14.4. The van der Waals surface area contributed by atoms with Crippen LogP contribution < -0.4 is 5.73 Å². The van der Waals surface area contributed by atoms with E-state index in [9.17, 15) is 9.18 Å². The Morgan fingerprint density at radius 2 is 1.79 bits per heavy atom. The maximum Gasteiger partial charge on any atom is 0.251 e. The summed E-state index contributed by atoms with van der Waals surface area (Å²) < 4.78 is 14.6. The van der Waals surface area contributed by atoms with Gasteiger partial charge in [0.15, 0.2) is 0 Å². The summed E-state index contributed by atoms with van der Waals surface area (Å²) in [5.41, 5.74) is 7.49. The van der Waals surface area contributed by atoms with E-state index in [0.29, 0.717) is 11.5 Å². The molecule has 1 aliphatic rings. The molecule has 1 saturated carbocycles. The van der Waals surface area contributed by atoms with Gasteiger partial charge in [0, 0.05) is 5.56 Å². The van der Waals surface area contributed by atoms with Crippen LogP contribution >= 0.6 is 0 Å². The Morgan fingerprint density at radius 3 is 2.37 bits per heavy atom. The fourth-order valence-corrected chi connectivity index (χ4v) is 2.41. The van der Waals surface area contributed by atoms with Gasteiger partial charge in [0.2, 0.25) is 0 Å². The van der Waals surface area contributed by atoms with Gasteiger partial charge in [-0.1, -0.05) is 36.4 Å². The molecular weight excluding hydrogens is 241 g/mol. The number of nitrogens with two attached hydrogens (primary N) is 1. The van der Waals surface area contributed by atoms with Crippen LogP contribution in [0.2, 0.25) is 0 Å². The minimum atomic E-state index is -0.725. The fourth-order valence-electron chi connectivity index (χ4n) is 2.41. The number of hydrogen-bond acceptors (Lipinski definition) is 1. The molecule has 0 atom stereocenters. The quantitative estimate of drug-likeness (QED) is 0.896. The second-order valence-corrected chi connectivity index (χ2v) is 4.90. The summed E-state index contributed by atoms with van der Waals surface area (Å²) in [7, 11) is 0. The van der Waals surface area contributed by atoms with Gasteiger partial charge in [0.25, 0.3) is 5.91 Å². The number of carbonyl (C=O) groups excluding carboxylic acids is 1. The molecule has 0 radical (unpaired) electrons. The lowest BCUT2D eigenvalue weighted by atomic mass is 9.93. The van der Waals surface area contributed by atoms with Crippen molar-refractivity contribution in [2.24, 2.45) is 5.73 Å². The summed E-state index contributed by atoms with van der Waals surface area (Å²) in [4.78, 5) is 11.3. The number of rotatable bonds is 3. The molecular formula is C16H14FNO. The summed E-state index contributed by atoms with van der Waals surface area (Å²) in [6, 6.07) is 12.7. The topological polar surface area (TPSA) is 43.1 Å². The Bertz CT molecular complexity index is 633. The lowest BCUT2D eigenvalue weighted by Crippen LogP contribution is -2.14. The van der Waals surface area contributed by atoms with Gasteiger partial charge in [-0.25, -0.2) is 4.39 Å². The first-order valence-electron chi connectivity index (χ1n) is 6.36. The molecule has 3 rings (SSSR count). The van der Waals surface area contributed by atoms with Crippen molar-refractivity contribution in [3.8, 4) is 11.1 Å². The van der Waals surface area contributed by atoms with Crippen LogP contribution in [0.25, 0.3) is 11.1 Å². The highest BCUT2D eigenvalue weighted by Crippen LogP contribution is 2.45. The van der Waals surface area contributed by atoms with Crippen LogP contribution in [0.5, 0.6) is 0 Å². The largest absolute Gasteiger partial charge is 0.366 e. The first-order chi connectivity index (χ1) is 9.18. The summed E-state index contributed by atoms with van der Waals surface area (Å²) in [5, 5.41) is 0. The van der Waals surface area contributed by atoms with Crippen LogP contribution in [0.3, 0.4) is 0 Å². The van der Waals surface area contributed by atoms with Gasteiger partial charge in [0.05, 0.1) is 5.56 Å². The molecule has 2 N–H and O–H groups in total. The lowest BCUT2D eigenvalue weighted by molar-refractivity contribution is 0.0996. The molecule has 2 aromatic carbocycles. The maximum absolute atomic E-state index is 14.6. The van der Waals surface area contributed by atoms with E-state index in [4.69, 9.17) is 5.73 Å². The monoisotopic (exact) mass is 255 g/mol. The molecule has 0 saturated heterocycles. The average molecular weight is 255 g/mol. The number of primary amides is 1. The average Bonchev–Trinajstić information content (AvgIpc) is 3.23. The number of benzene rings is 2. The van der Waals surface area contributed by atoms with Crippen LogP contribution in [0.1, 0.15) is 34.7 Å². The van der Waals surface area contributed by atoms with E-state index in [2.05, 4.69) is 0 Å².